The van der Waals surface area contributed by atoms with Gasteiger partial charge in [-0.3, -0.25) is 4.79 Å². The highest BCUT2D eigenvalue weighted by Gasteiger charge is 2.15. The third kappa shape index (κ3) is 3.95. The van der Waals surface area contributed by atoms with Gasteiger partial charge in [-0.25, -0.2) is 5.43 Å². The number of hydrogen-bond donors (Lipinski definition) is 1. The highest BCUT2D eigenvalue weighted by molar-refractivity contribution is 6.00. The number of amides is 1. The predicted octanol–water partition coefficient (Wildman–Crippen LogP) is 1.12. The molecule has 2 rings (SSSR count). The second-order valence-electron chi connectivity index (χ2n) is 4.31. The molecule has 9 heteroatoms. The van der Waals surface area contributed by atoms with Gasteiger partial charge in [0.25, 0.3) is 5.91 Å². The number of carbonyl (C=O) groups is 1. The number of rotatable bonds is 6. The van der Waals surface area contributed by atoms with Gasteiger partial charge < -0.3 is 10.1 Å². The van der Waals surface area contributed by atoms with Crippen LogP contribution in [0.5, 0.6) is 0 Å². The smallest absolute Gasteiger partial charge is 0.390 e. The molecule has 1 N–H and O–H groups in total. The SMILES string of the molecule is CC/C(=N\NC(=O)Cn1cnc([N+](=O)[O-])n1)c1ccccc1. The van der Waals surface area contributed by atoms with E-state index in [-0.39, 0.29) is 6.54 Å². The first-order chi connectivity index (χ1) is 10.6. The van der Waals surface area contributed by atoms with E-state index in [1.54, 1.807) is 0 Å². The number of nitrogens with zero attached hydrogens (tertiary/aromatic N) is 5. The van der Waals surface area contributed by atoms with Crippen LogP contribution in [-0.2, 0) is 11.3 Å². The molecule has 0 atom stereocenters. The fraction of sp³-hybridized carbons (Fsp3) is 0.231. The molecular formula is C13H14N6O3. The molecule has 22 heavy (non-hydrogen) atoms. The lowest BCUT2D eigenvalue weighted by Gasteiger charge is -2.04. The molecule has 1 amide bonds. The summed E-state index contributed by atoms with van der Waals surface area (Å²) >= 11 is 0. The van der Waals surface area contributed by atoms with E-state index >= 15 is 0 Å². The molecule has 0 saturated carbocycles. The van der Waals surface area contributed by atoms with Gasteiger partial charge in [0, 0.05) is 5.10 Å². The third-order valence-electron chi connectivity index (χ3n) is 2.75. The fourth-order valence-corrected chi connectivity index (χ4v) is 1.74. The van der Waals surface area contributed by atoms with E-state index in [4.69, 9.17) is 0 Å². The summed E-state index contributed by atoms with van der Waals surface area (Å²) in [6.07, 6.45) is 1.78. The van der Waals surface area contributed by atoms with Crippen LogP contribution in [0.2, 0.25) is 0 Å². The van der Waals surface area contributed by atoms with E-state index in [2.05, 4.69) is 20.6 Å². The van der Waals surface area contributed by atoms with Crippen LogP contribution < -0.4 is 5.43 Å². The van der Waals surface area contributed by atoms with Crippen LogP contribution in [0.1, 0.15) is 18.9 Å². The average Bonchev–Trinajstić information content (AvgIpc) is 2.97. The number of hydrogen-bond acceptors (Lipinski definition) is 6. The highest BCUT2D eigenvalue weighted by Crippen LogP contribution is 2.03. The Balaban J connectivity index is 1.98. The average molecular weight is 302 g/mol. The summed E-state index contributed by atoms with van der Waals surface area (Å²) in [4.78, 5) is 25.0. The summed E-state index contributed by atoms with van der Waals surface area (Å²) in [7, 11) is 0. The van der Waals surface area contributed by atoms with Crippen molar-refractivity contribution < 1.29 is 9.72 Å². The summed E-state index contributed by atoms with van der Waals surface area (Å²) in [5.41, 5.74) is 4.06. The molecule has 2 aromatic rings. The van der Waals surface area contributed by atoms with Crippen molar-refractivity contribution in [3.8, 4) is 0 Å². The number of carbonyl (C=O) groups excluding carboxylic acids is 1. The lowest BCUT2D eigenvalue weighted by atomic mass is 10.1. The second kappa shape index (κ2) is 7.07. The van der Waals surface area contributed by atoms with E-state index in [9.17, 15) is 14.9 Å². The minimum atomic E-state index is -0.725. The zero-order valence-electron chi connectivity index (χ0n) is 11.8. The van der Waals surface area contributed by atoms with Crippen LogP contribution >= 0.6 is 0 Å². The number of aromatic nitrogens is 3. The van der Waals surface area contributed by atoms with Crippen LogP contribution in [-0.4, -0.2) is 31.3 Å². The molecule has 0 aliphatic heterocycles. The molecule has 0 spiro atoms. The van der Waals surface area contributed by atoms with Gasteiger partial charge in [0.05, 0.1) is 5.71 Å². The minimum Gasteiger partial charge on any atom is -0.390 e. The van der Waals surface area contributed by atoms with E-state index in [1.807, 2.05) is 37.3 Å². The minimum absolute atomic E-state index is 0.198. The van der Waals surface area contributed by atoms with Gasteiger partial charge in [0.15, 0.2) is 0 Å². The number of hydrazone groups is 1. The van der Waals surface area contributed by atoms with Crippen LogP contribution in [0.4, 0.5) is 5.95 Å². The lowest BCUT2D eigenvalue weighted by Crippen LogP contribution is -2.25. The Morgan fingerprint density at radius 1 is 1.41 bits per heavy atom. The van der Waals surface area contributed by atoms with Gasteiger partial charge in [-0.2, -0.15) is 9.78 Å². The van der Waals surface area contributed by atoms with E-state index in [0.29, 0.717) is 6.42 Å². The van der Waals surface area contributed by atoms with Gasteiger partial charge in [0.2, 0.25) is 6.33 Å². The standard InChI is InChI=1S/C13H14N6O3/c1-2-11(10-6-4-3-5-7-10)15-16-12(20)8-18-9-14-13(17-18)19(21)22/h3-7,9H,2,8H2,1H3,(H,16,20)/b15-11+. The maximum absolute atomic E-state index is 11.8. The summed E-state index contributed by atoms with van der Waals surface area (Å²) in [5, 5.41) is 18.1. The molecule has 0 bridgehead atoms. The fourth-order valence-electron chi connectivity index (χ4n) is 1.74. The zero-order valence-corrected chi connectivity index (χ0v) is 11.8. The Labute approximate surface area is 125 Å². The van der Waals surface area contributed by atoms with Crippen molar-refractivity contribution in [2.45, 2.75) is 19.9 Å². The Morgan fingerprint density at radius 2 is 2.14 bits per heavy atom. The topological polar surface area (TPSA) is 115 Å². The molecule has 1 aromatic carbocycles. The van der Waals surface area contributed by atoms with Crippen LogP contribution in [0, 0.1) is 10.1 Å². The van der Waals surface area contributed by atoms with Crippen molar-refractivity contribution in [3.05, 3.63) is 52.3 Å². The van der Waals surface area contributed by atoms with Crippen LogP contribution in [0.25, 0.3) is 0 Å². The highest BCUT2D eigenvalue weighted by atomic mass is 16.6. The summed E-state index contributed by atoms with van der Waals surface area (Å²) in [6.45, 7) is 1.73. The first kappa shape index (κ1) is 15.3. The van der Waals surface area contributed by atoms with Crippen molar-refractivity contribution in [2.24, 2.45) is 5.10 Å². The quantitative estimate of drug-likeness (QED) is 0.487. The summed E-state index contributed by atoms with van der Waals surface area (Å²) < 4.78 is 1.08. The molecule has 1 heterocycles. The molecule has 0 aliphatic carbocycles. The van der Waals surface area contributed by atoms with Crippen molar-refractivity contribution in [1.82, 2.24) is 20.2 Å². The van der Waals surface area contributed by atoms with Gasteiger partial charge in [-0.15, -0.1) is 0 Å². The van der Waals surface area contributed by atoms with E-state index < -0.39 is 16.8 Å². The normalized spacial score (nSPS) is 11.2. The molecule has 1 aromatic heterocycles. The predicted molar refractivity (Wildman–Crippen MR) is 78.1 cm³/mol. The molecular weight excluding hydrogens is 288 g/mol. The Hall–Kier alpha value is -3.10. The largest absolute Gasteiger partial charge is 0.490 e. The van der Waals surface area contributed by atoms with Gasteiger partial charge in [0.1, 0.15) is 6.54 Å². The maximum atomic E-state index is 11.8. The first-order valence-corrected chi connectivity index (χ1v) is 6.54. The zero-order chi connectivity index (χ0) is 15.9. The van der Waals surface area contributed by atoms with Crippen LogP contribution in [0.3, 0.4) is 0 Å². The van der Waals surface area contributed by atoms with E-state index in [0.717, 1.165) is 22.3 Å². The second-order valence-corrected chi connectivity index (χ2v) is 4.31. The Kier molecular flexibility index (Phi) is 4.91. The van der Waals surface area contributed by atoms with Crippen molar-refractivity contribution in [2.75, 3.05) is 0 Å². The van der Waals surface area contributed by atoms with Gasteiger partial charge in [-0.05, 0) is 16.9 Å². The number of benzene rings is 1. The maximum Gasteiger partial charge on any atom is 0.490 e. The summed E-state index contributed by atoms with van der Waals surface area (Å²) in [5.74, 6) is -0.989. The molecule has 9 nitrogen and oxygen atoms in total. The van der Waals surface area contributed by atoms with Crippen molar-refractivity contribution in [1.29, 1.82) is 0 Å². The third-order valence-corrected chi connectivity index (χ3v) is 2.75. The molecule has 0 saturated heterocycles. The van der Waals surface area contributed by atoms with Gasteiger partial charge in [-0.1, -0.05) is 42.2 Å². The van der Waals surface area contributed by atoms with E-state index in [1.165, 1.54) is 0 Å². The number of nitrogens with one attached hydrogen (secondary N) is 1. The monoisotopic (exact) mass is 302 g/mol. The molecule has 0 radical (unpaired) electrons. The molecule has 114 valence electrons. The molecule has 0 fully saturated rings. The molecule has 0 aliphatic rings. The first-order valence-electron chi connectivity index (χ1n) is 6.54. The van der Waals surface area contributed by atoms with Crippen molar-refractivity contribution >= 4 is 17.6 Å². The summed E-state index contributed by atoms with van der Waals surface area (Å²) in [6, 6.07) is 9.46. The molecule has 0 unspecified atom stereocenters. The van der Waals surface area contributed by atoms with Crippen LogP contribution in [0.15, 0.2) is 41.8 Å². The van der Waals surface area contributed by atoms with Gasteiger partial charge >= 0.3 is 5.95 Å². The lowest BCUT2D eigenvalue weighted by molar-refractivity contribution is -0.394. The number of nitro groups is 1. The van der Waals surface area contributed by atoms with Crippen molar-refractivity contribution in [3.63, 3.8) is 0 Å². The Bertz CT molecular complexity index is 695. The Morgan fingerprint density at radius 3 is 2.73 bits per heavy atom.